The summed E-state index contributed by atoms with van der Waals surface area (Å²) >= 11 is 6.09. The molecule has 6 nitrogen and oxygen atoms in total. The quantitative estimate of drug-likeness (QED) is 0.880. The van der Waals surface area contributed by atoms with Crippen LogP contribution in [0.4, 0.5) is 0 Å². The van der Waals surface area contributed by atoms with E-state index in [1.807, 2.05) is 6.92 Å². The highest BCUT2D eigenvalue weighted by molar-refractivity contribution is 6.30. The fourth-order valence-electron chi connectivity index (χ4n) is 1.80. The first-order valence-corrected chi connectivity index (χ1v) is 5.58. The smallest absolute Gasteiger partial charge is 0.138 e. The minimum absolute atomic E-state index is 0.364. The summed E-state index contributed by atoms with van der Waals surface area (Å²) in [4.78, 5) is 4.07. The van der Waals surface area contributed by atoms with E-state index in [1.54, 1.807) is 23.5 Å². The molecule has 0 aliphatic carbocycles. The van der Waals surface area contributed by atoms with Crippen molar-refractivity contribution in [2.24, 2.45) is 14.1 Å². The predicted octanol–water partition coefficient (Wildman–Crippen LogP) is 0.787. The molecule has 0 saturated carbocycles. The van der Waals surface area contributed by atoms with Crippen molar-refractivity contribution in [2.45, 2.75) is 19.4 Å². The van der Waals surface area contributed by atoms with Crippen LogP contribution < -0.4 is 0 Å². The Kier molecular flexibility index (Phi) is 3.17. The Morgan fingerprint density at radius 1 is 1.41 bits per heavy atom. The molecular weight excluding hydrogens is 242 g/mol. The van der Waals surface area contributed by atoms with Gasteiger partial charge in [-0.15, -0.1) is 0 Å². The van der Waals surface area contributed by atoms with Gasteiger partial charge in [0.2, 0.25) is 0 Å². The second-order valence-corrected chi connectivity index (χ2v) is 4.29. The number of aromatic nitrogens is 5. The zero-order valence-electron chi connectivity index (χ0n) is 9.92. The normalized spacial score (nSPS) is 13.0. The van der Waals surface area contributed by atoms with Crippen molar-refractivity contribution < 1.29 is 5.11 Å². The maximum absolute atomic E-state index is 10.2. The Morgan fingerprint density at radius 2 is 2.12 bits per heavy atom. The lowest BCUT2D eigenvalue weighted by atomic mass is 10.1. The van der Waals surface area contributed by atoms with Gasteiger partial charge in [-0.25, -0.2) is 4.98 Å². The van der Waals surface area contributed by atoms with Crippen molar-refractivity contribution in [3.05, 3.63) is 28.6 Å². The van der Waals surface area contributed by atoms with E-state index < -0.39 is 6.10 Å². The molecule has 0 spiro atoms. The Hall–Kier alpha value is -1.40. The van der Waals surface area contributed by atoms with Gasteiger partial charge in [-0.1, -0.05) is 11.6 Å². The Morgan fingerprint density at radius 3 is 2.59 bits per heavy atom. The standard InChI is InChI=1S/C10H14ClN5O/c1-6-9(10(11)16(3)14-6)7(17)4-8-12-5-13-15(8)2/h5,7,17H,4H2,1-3H3. The van der Waals surface area contributed by atoms with Crippen LogP contribution in [0.15, 0.2) is 6.33 Å². The molecular formula is C10H14ClN5O. The highest BCUT2D eigenvalue weighted by atomic mass is 35.5. The summed E-state index contributed by atoms with van der Waals surface area (Å²) in [5.74, 6) is 0.705. The molecule has 0 aliphatic heterocycles. The molecule has 1 unspecified atom stereocenters. The van der Waals surface area contributed by atoms with Crippen molar-refractivity contribution in [3.63, 3.8) is 0 Å². The Balaban J connectivity index is 2.26. The second kappa shape index (κ2) is 4.46. The van der Waals surface area contributed by atoms with Crippen LogP contribution in [0.25, 0.3) is 0 Å². The molecule has 0 radical (unpaired) electrons. The van der Waals surface area contributed by atoms with Crippen LogP contribution in [0.1, 0.15) is 23.2 Å². The van der Waals surface area contributed by atoms with Gasteiger partial charge in [0.1, 0.15) is 17.3 Å². The van der Waals surface area contributed by atoms with Crippen molar-refractivity contribution in [1.29, 1.82) is 0 Å². The van der Waals surface area contributed by atoms with E-state index in [9.17, 15) is 5.11 Å². The summed E-state index contributed by atoms with van der Waals surface area (Å²) in [5, 5.41) is 18.7. The van der Waals surface area contributed by atoms with E-state index in [2.05, 4.69) is 15.2 Å². The number of aryl methyl sites for hydroxylation is 3. The monoisotopic (exact) mass is 255 g/mol. The van der Waals surface area contributed by atoms with Gasteiger partial charge in [0.05, 0.1) is 11.8 Å². The summed E-state index contributed by atoms with van der Waals surface area (Å²) in [7, 11) is 3.53. The maximum Gasteiger partial charge on any atom is 0.138 e. The zero-order chi connectivity index (χ0) is 12.6. The topological polar surface area (TPSA) is 68.8 Å². The number of nitrogens with zero attached hydrogens (tertiary/aromatic N) is 5. The summed E-state index contributed by atoms with van der Waals surface area (Å²) < 4.78 is 3.18. The van der Waals surface area contributed by atoms with Gasteiger partial charge in [0.15, 0.2) is 0 Å². The lowest BCUT2D eigenvalue weighted by Crippen LogP contribution is -2.08. The maximum atomic E-state index is 10.2. The van der Waals surface area contributed by atoms with E-state index in [0.717, 1.165) is 5.69 Å². The van der Waals surface area contributed by atoms with Crippen LogP contribution in [-0.2, 0) is 20.5 Å². The third-order valence-electron chi connectivity index (χ3n) is 2.71. The van der Waals surface area contributed by atoms with E-state index >= 15 is 0 Å². The SMILES string of the molecule is Cc1nn(C)c(Cl)c1C(O)Cc1ncnn1C. The number of aliphatic hydroxyl groups excluding tert-OH is 1. The van der Waals surface area contributed by atoms with Gasteiger partial charge in [0, 0.05) is 26.1 Å². The molecule has 1 atom stereocenters. The van der Waals surface area contributed by atoms with Gasteiger partial charge in [-0.2, -0.15) is 10.2 Å². The Labute approximate surface area is 104 Å². The third-order valence-corrected chi connectivity index (χ3v) is 3.16. The molecule has 0 aliphatic rings. The first-order chi connectivity index (χ1) is 8.00. The summed E-state index contributed by atoms with van der Waals surface area (Å²) in [6, 6.07) is 0. The summed E-state index contributed by atoms with van der Waals surface area (Å²) in [6.45, 7) is 1.82. The van der Waals surface area contributed by atoms with Crippen molar-refractivity contribution in [2.75, 3.05) is 0 Å². The fraction of sp³-hybridized carbons (Fsp3) is 0.500. The molecule has 2 heterocycles. The predicted molar refractivity (Wildman–Crippen MR) is 62.6 cm³/mol. The first kappa shape index (κ1) is 12.1. The van der Waals surface area contributed by atoms with Gasteiger partial charge < -0.3 is 5.11 Å². The van der Waals surface area contributed by atoms with Crippen LogP contribution in [0.2, 0.25) is 5.15 Å². The highest BCUT2D eigenvalue weighted by Gasteiger charge is 2.21. The molecule has 2 aromatic heterocycles. The van der Waals surface area contributed by atoms with Crippen molar-refractivity contribution >= 4 is 11.6 Å². The molecule has 92 valence electrons. The van der Waals surface area contributed by atoms with Crippen LogP contribution >= 0.6 is 11.6 Å². The zero-order valence-corrected chi connectivity index (χ0v) is 10.7. The van der Waals surface area contributed by atoms with Gasteiger partial charge in [-0.05, 0) is 6.92 Å². The molecule has 17 heavy (non-hydrogen) atoms. The van der Waals surface area contributed by atoms with Crippen LogP contribution in [-0.4, -0.2) is 29.7 Å². The third kappa shape index (κ3) is 2.18. The van der Waals surface area contributed by atoms with Gasteiger partial charge >= 0.3 is 0 Å². The number of hydrogen-bond acceptors (Lipinski definition) is 4. The van der Waals surface area contributed by atoms with Crippen LogP contribution in [0, 0.1) is 6.92 Å². The molecule has 0 amide bonds. The highest BCUT2D eigenvalue weighted by Crippen LogP contribution is 2.27. The molecule has 0 bridgehead atoms. The summed E-state index contributed by atoms with van der Waals surface area (Å²) in [6.07, 6.45) is 1.10. The van der Waals surface area contributed by atoms with Gasteiger partial charge in [0.25, 0.3) is 0 Å². The number of hydrogen-bond donors (Lipinski definition) is 1. The minimum atomic E-state index is -0.723. The molecule has 2 rings (SSSR count). The number of rotatable bonds is 3. The largest absolute Gasteiger partial charge is 0.388 e. The lowest BCUT2D eigenvalue weighted by molar-refractivity contribution is 0.174. The average Bonchev–Trinajstić information content (AvgIpc) is 2.74. The van der Waals surface area contributed by atoms with Crippen LogP contribution in [0.3, 0.4) is 0 Å². The van der Waals surface area contributed by atoms with E-state index in [4.69, 9.17) is 11.6 Å². The molecule has 1 N–H and O–H groups in total. The van der Waals surface area contributed by atoms with Crippen LogP contribution in [0.5, 0.6) is 0 Å². The van der Waals surface area contributed by atoms with Crippen molar-refractivity contribution in [1.82, 2.24) is 24.5 Å². The molecule has 2 aromatic rings. The van der Waals surface area contributed by atoms with E-state index in [1.165, 1.54) is 6.33 Å². The number of halogens is 1. The lowest BCUT2D eigenvalue weighted by Gasteiger charge is -2.09. The minimum Gasteiger partial charge on any atom is -0.388 e. The average molecular weight is 256 g/mol. The fourth-order valence-corrected chi connectivity index (χ4v) is 2.11. The van der Waals surface area contributed by atoms with Crippen molar-refractivity contribution in [3.8, 4) is 0 Å². The summed E-state index contributed by atoms with van der Waals surface area (Å²) in [5.41, 5.74) is 1.38. The molecule has 0 fully saturated rings. The molecule has 0 saturated heterocycles. The molecule has 0 aromatic carbocycles. The van der Waals surface area contributed by atoms with E-state index in [-0.39, 0.29) is 0 Å². The van der Waals surface area contributed by atoms with Gasteiger partial charge in [-0.3, -0.25) is 9.36 Å². The Bertz CT molecular complexity index is 533. The number of aliphatic hydroxyl groups is 1. The second-order valence-electron chi connectivity index (χ2n) is 3.93. The molecule has 7 heteroatoms. The first-order valence-electron chi connectivity index (χ1n) is 5.20. The van der Waals surface area contributed by atoms with E-state index in [0.29, 0.717) is 23.0 Å².